The minimum Gasteiger partial charge on any atom is -0.330 e. The van der Waals surface area contributed by atoms with Gasteiger partial charge in [0.15, 0.2) is 0 Å². The zero-order valence-electron chi connectivity index (χ0n) is 12.1. The highest BCUT2D eigenvalue weighted by atomic mass is 19.1. The monoisotopic (exact) mass is 286 g/mol. The van der Waals surface area contributed by atoms with Gasteiger partial charge < -0.3 is 10.6 Å². The van der Waals surface area contributed by atoms with E-state index in [2.05, 4.69) is 0 Å². The summed E-state index contributed by atoms with van der Waals surface area (Å²) in [6, 6.07) is 13.3. The van der Waals surface area contributed by atoms with Crippen LogP contribution >= 0.6 is 0 Å². The van der Waals surface area contributed by atoms with Gasteiger partial charge in [-0.15, -0.1) is 0 Å². The number of amides is 1. The minimum absolute atomic E-state index is 0.146. The van der Waals surface area contributed by atoms with E-state index in [0.717, 1.165) is 11.3 Å². The van der Waals surface area contributed by atoms with Gasteiger partial charge >= 0.3 is 0 Å². The lowest BCUT2D eigenvalue weighted by molar-refractivity contribution is 0.0987. The van der Waals surface area contributed by atoms with Gasteiger partial charge in [0, 0.05) is 17.8 Å². The largest absolute Gasteiger partial charge is 0.330 e. The van der Waals surface area contributed by atoms with Gasteiger partial charge in [-0.25, -0.2) is 4.39 Å². The van der Waals surface area contributed by atoms with E-state index in [4.69, 9.17) is 5.73 Å². The fraction of sp³-hybridized carbons (Fsp3) is 0.235. The van der Waals surface area contributed by atoms with Crippen molar-refractivity contribution in [3.8, 4) is 0 Å². The number of carbonyl (C=O) groups excluding carboxylic acids is 1. The number of anilines is 1. The lowest BCUT2D eigenvalue weighted by Gasteiger charge is -2.23. The zero-order chi connectivity index (χ0) is 15.2. The number of hydrogen-bond donors (Lipinski definition) is 1. The molecule has 1 amide bonds. The highest BCUT2D eigenvalue weighted by Gasteiger charge is 2.17. The predicted molar refractivity (Wildman–Crippen MR) is 82.9 cm³/mol. The van der Waals surface area contributed by atoms with Crippen molar-refractivity contribution in [3.63, 3.8) is 0 Å². The van der Waals surface area contributed by atoms with E-state index >= 15 is 0 Å². The second-order valence-electron chi connectivity index (χ2n) is 4.94. The van der Waals surface area contributed by atoms with Crippen LogP contribution in [0.2, 0.25) is 0 Å². The summed E-state index contributed by atoms with van der Waals surface area (Å²) < 4.78 is 13.0. The first kappa shape index (κ1) is 15.2. The van der Waals surface area contributed by atoms with E-state index in [1.807, 2.05) is 31.2 Å². The lowest BCUT2D eigenvalue weighted by Crippen LogP contribution is -2.33. The molecule has 0 atom stereocenters. The number of aryl methyl sites for hydroxylation is 1. The molecule has 0 spiro atoms. The quantitative estimate of drug-likeness (QED) is 0.918. The first-order chi connectivity index (χ1) is 10.1. The van der Waals surface area contributed by atoms with Crippen molar-refractivity contribution in [2.45, 2.75) is 13.3 Å². The smallest absolute Gasteiger partial charge is 0.258 e. The Hall–Kier alpha value is -2.20. The molecule has 0 radical (unpaired) electrons. The van der Waals surface area contributed by atoms with Crippen LogP contribution in [0.1, 0.15) is 22.3 Å². The Balaban J connectivity index is 2.28. The molecule has 110 valence electrons. The second-order valence-corrected chi connectivity index (χ2v) is 4.94. The van der Waals surface area contributed by atoms with E-state index in [1.165, 1.54) is 24.3 Å². The minimum atomic E-state index is -0.351. The first-order valence-corrected chi connectivity index (χ1v) is 6.96. The van der Waals surface area contributed by atoms with E-state index in [0.29, 0.717) is 25.1 Å². The SMILES string of the molecule is Cc1ccc(N(CCCN)C(=O)c2ccc(F)cc2)cc1. The molecular weight excluding hydrogens is 267 g/mol. The van der Waals surface area contributed by atoms with Gasteiger partial charge in [-0.3, -0.25) is 4.79 Å². The molecule has 0 saturated carbocycles. The molecule has 0 saturated heterocycles. The zero-order valence-corrected chi connectivity index (χ0v) is 12.1. The molecule has 3 nitrogen and oxygen atoms in total. The Morgan fingerprint density at radius 2 is 1.71 bits per heavy atom. The van der Waals surface area contributed by atoms with Crippen molar-refractivity contribution in [1.29, 1.82) is 0 Å². The van der Waals surface area contributed by atoms with Gasteiger partial charge in [-0.2, -0.15) is 0 Å². The molecule has 2 aromatic carbocycles. The van der Waals surface area contributed by atoms with Gasteiger partial charge in [-0.1, -0.05) is 17.7 Å². The van der Waals surface area contributed by atoms with Crippen LogP contribution in [0, 0.1) is 12.7 Å². The van der Waals surface area contributed by atoms with Crippen molar-refractivity contribution in [2.75, 3.05) is 18.0 Å². The van der Waals surface area contributed by atoms with Gasteiger partial charge in [0.2, 0.25) is 0 Å². The van der Waals surface area contributed by atoms with Gasteiger partial charge in [0.05, 0.1) is 0 Å². The maximum Gasteiger partial charge on any atom is 0.258 e. The summed E-state index contributed by atoms with van der Waals surface area (Å²) in [6.45, 7) is 3.05. The fourth-order valence-electron chi connectivity index (χ4n) is 2.07. The maximum absolute atomic E-state index is 13.0. The van der Waals surface area contributed by atoms with E-state index in [9.17, 15) is 9.18 Å². The molecule has 2 aromatic rings. The van der Waals surface area contributed by atoms with Gasteiger partial charge in [0.1, 0.15) is 5.82 Å². The molecule has 0 bridgehead atoms. The summed E-state index contributed by atoms with van der Waals surface area (Å²) in [6.07, 6.45) is 0.709. The van der Waals surface area contributed by atoms with Crippen LogP contribution in [0.5, 0.6) is 0 Å². The van der Waals surface area contributed by atoms with Gasteiger partial charge in [-0.05, 0) is 56.3 Å². The Labute approximate surface area is 124 Å². The van der Waals surface area contributed by atoms with Crippen LogP contribution in [-0.4, -0.2) is 19.0 Å². The summed E-state index contributed by atoms with van der Waals surface area (Å²) >= 11 is 0. The van der Waals surface area contributed by atoms with E-state index in [1.54, 1.807) is 4.90 Å². The number of nitrogens with two attached hydrogens (primary N) is 1. The van der Waals surface area contributed by atoms with Gasteiger partial charge in [0.25, 0.3) is 5.91 Å². The number of halogens is 1. The second kappa shape index (κ2) is 6.99. The van der Waals surface area contributed by atoms with Crippen molar-refractivity contribution in [1.82, 2.24) is 0 Å². The molecule has 21 heavy (non-hydrogen) atoms. The fourth-order valence-corrected chi connectivity index (χ4v) is 2.07. The number of nitrogens with zero attached hydrogens (tertiary/aromatic N) is 1. The number of carbonyl (C=O) groups is 1. The summed E-state index contributed by atoms with van der Waals surface area (Å²) in [5, 5.41) is 0. The molecule has 0 aliphatic heterocycles. The summed E-state index contributed by atoms with van der Waals surface area (Å²) in [5.74, 6) is -0.498. The van der Waals surface area contributed by atoms with Crippen molar-refractivity contribution >= 4 is 11.6 Å². The molecule has 0 unspecified atom stereocenters. The third-order valence-corrected chi connectivity index (χ3v) is 3.27. The molecular formula is C17H19FN2O. The number of hydrogen-bond acceptors (Lipinski definition) is 2. The van der Waals surface area contributed by atoms with Crippen LogP contribution < -0.4 is 10.6 Å². The molecule has 0 fully saturated rings. The summed E-state index contributed by atoms with van der Waals surface area (Å²) in [4.78, 5) is 14.3. The van der Waals surface area contributed by atoms with Crippen LogP contribution in [0.25, 0.3) is 0 Å². The van der Waals surface area contributed by atoms with Crippen molar-refractivity contribution in [3.05, 3.63) is 65.5 Å². The molecule has 0 aliphatic carbocycles. The Bertz CT molecular complexity index is 593. The topological polar surface area (TPSA) is 46.3 Å². The molecule has 2 rings (SSSR count). The summed E-state index contributed by atoms with van der Waals surface area (Å²) in [5.41, 5.74) is 7.97. The maximum atomic E-state index is 13.0. The molecule has 4 heteroatoms. The van der Waals surface area contributed by atoms with Crippen LogP contribution in [0.3, 0.4) is 0 Å². The van der Waals surface area contributed by atoms with Crippen molar-refractivity contribution in [2.24, 2.45) is 5.73 Å². The highest BCUT2D eigenvalue weighted by Crippen LogP contribution is 2.18. The van der Waals surface area contributed by atoms with Crippen LogP contribution in [0.4, 0.5) is 10.1 Å². The summed E-state index contributed by atoms with van der Waals surface area (Å²) in [7, 11) is 0. The molecule has 2 N–H and O–H groups in total. The first-order valence-electron chi connectivity index (χ1n) is 6.96. The molecule has 0 aliphatic rings. The van der Waals surface area contributed by atoms with Crippen LogP contribution in [-0.2, 0) is 0 Å². The number of rotatable bonds is 5. The van der Waals surface area contributed by atoms with E-state index < -0.39 is 0 Å². The Kier molecular flexibility index (Phi) is 5.06. The third kappa shape index (κ3) is 3.89. The Morgan fingerprint density at radius 3 is 2.29 bits per heavy atom. The molecule has 0 aromatic heterocycles. The average Bonchev–Trinajstić information content (AvgIpc) is 2.50. The van der Waals surface area contributed by atoms with Crippen LogP contribution in [0.15, 0.2) is 48.5 Å². The molecule has 0 heterocycles. The van der Waals surface area contributed by atoms with E-state index in [-0.39, 0.29) is 11.7 Å². The standard InChI is InChI=1S/C17H19FN2O/c1-13-3-9-16(10-4-13)20(12-2-11-19)17(21)14-5-7-15(18)8-6-14/h3-10H,2,11-12,19H2,1H3. The predicted octanol–water partition coefficient (Wildman–Crippen LogP) is 3.13. The average molecular weight is 286 g/mol. The number of benzene rings is 2. The normalized spacial score (nSPS) is 10.4. The Morgan fingerprint density at radius 1 is 1.10 bits per heavy atom. The third-order valence-electron chi connectivity index (χ3n) is 3.27. The lowest BCUT2D eigenvalue weighted by atomic mass is 10.1. The highest BCUT2D eigenvalue weighted by molar-refractivity contribution is 6.06. The van der Waals surface area contributed by atoms with Crippen molar-refractivity contribution < 1.29 is 9.18 Å².